The quantitative estimate of drug-likeness (QED) is 0.519. The number of aryl methyl sites for hydroxylation is 2. The monoisotopic (exact) mass is 341 g/mol. The molecule has 2 heterocycles. The van der Waals surface area contributed by atoms with E-state index in [1.807, 2.05) is 62.7 Å². The van der Waals surface area contributed by atoms with Gasteiger partial charge in [-0.1, -0.05) is 30.0 Å². The molecule has 0 N–H and O–H groups in total. The first-order valence-corrected chi connectivity index (χ1v) is 8.64. The van der Waals surface area contributed by atoms with Gasteiger partial charge in [-0.15, -0.1) is 10.2 Å². The Morgan fingerprint density at radius 3 is 2.62 bits per heavy atom. The average Bonchev–Trinajstić information content (AvgIpc) is 3.14. The molecule has 3 rings (SSSR count). The molecule has 0 saturated carbocycles. The van der Waals surface area contributed by atoms with Crippen molar-refractivity contribution in [1.29, 1.82) is 0 Å². The smallest absolute Gasteiger partial charge is 0.277 e. The van der Waals surface area contributed by atoms with E-state index in [9.17, 15) is 4.79 Å². The third-order valence-electron chi connectivity index (χ3n) is 4.18. The highest BCUT2D eigenvalue weighted by Crippen LogP contribution is 2.26. The van der Waals surface area contributed by atoms with E-state index in [-0.39, 0.29) is 11.5 Å². The fourth-order valence-corrected chi connectivity index (χ4v) is 3.18. The van der Waals surface area contributed by atoms with E-state index in [1.54, 1.807) is 0 Å². The zero-order valence-corrected chi connectivity index (χ0v) is 15.0. The molecule has 0 saturated heterocycles. The second kappa shape index (κ2) is 6.65. The van der Waals surface area contributed by atoms with E-state index < -0.39 is 0 Å². The van der Waals surface area contributed by atoms with Crippen molar-refractivity contribution in [2.75, 3.05) is 5.75 Å². The van der Waals surface area contributed by atoms with E-state index in [1.165, 1.54) is 11.8 Å². The van der Waals surface area contributed by atoms with Gasteiger partial charge in [-0.25, -0.2) is 0 Å². The highest BCUT2D eigenvalue weighted by Gasteiger charge is 2.17. The van der Waals surface area contributed by atoms with Gasteiger partial charge in [-0.05, 0) is 38.5 Å². The first-order chi connectivity index (χ1) is 11.5. The summed E-state index contributed by atoms with van der Waals surface area (Å²) in [5, 5.41) is 8.52. The van der Waals surface area contributed by atoms with Gasteiger partial charge >= 0.3 is 0 Å². The molecule has 0 bridgehead atoms. The van der Waals surface area contributed by atoms with Crippen LogP contribution in [0.4, 0.5) is 0 Å². The Kier molecular flexibility index (Phi) is 4.57. The number of benzene rings is 1. The normalized spacial score (nSPS) is 11.0. The molecule has 0 aliphatic rings. The van der Waals surface area contributed by atoms with Gasteiger partial charge in [0.2, 0.25) is 5.89 Å². The van der Waals surface area contributed by atoms with Crippen LogP contribution in [0.5, 0.6) is 0 Å². The van der Waals surface area contributed by atoms with Gasteiger partial charge in [0.05, 0.1) is 5.75 Å². The molecule has 0 radical (unpaired) electrons. The van der Waals surface area contributed by atoms with Crippen molar-refractivity contribution in [2.24, 2.45) is 7.05 Å². The molecule has 0 amide bonds. The number of carbonyl (C=O) groups is 1. The summed E-state index contributed by atoms with van der Waals surface area (Å²) in [6.07, 6.45) is 0. The van der Waals surface area contributed by atoms with Crippen LogP contribution in [-0.2, 0) is 7.05 Å². The molecular formula is C18H19N3O2S. The number of Topliss-reactive ketones (excluding diaryl/α,β-unsaturated/α-hetero) is 1. The van der Waals surface area contributed by atoms with Crippen molar-refractivity contribution >= 4 is 17.5 Å². The number of thioether (sulfide) groups is 1. The molecule has 2 aromatic heterocycles. The molecule has 0 unspecified atom stereocenters. The minimum Gasteiger partial charge on any atom is -0.411 e. The van der Waals surface area contributed by atoms with Crippen LogP contribution in [0.15, 0.2) is 40.0 Å². The Hall–Kier alpha value is -2.34. The minimum atomic E-state index is 0.0665. The maximum atomic E-state index is 12.4. The second-order valence-electron chi connectivity index (χ2n) is 5.74. The fourth-order valence-electron chi connectivity index (χ4n) is 2.53. The molecule has 0 atom stereocenters. The molecule has 0 aliphatic carbocycles. The van der Waals surface area contributed by atoms with Crippen LogP contribution < -0.4 is 0 Å². The SMILES string of the molecule is Cc1ccccc1-c1nnc(SCC(=O)c2cc(C)n(C)c2C)o1. The van der Waals surface area contributed by atoms with Gasteiger partial charge < -0.3 is 8.98 Å². The highest BCUT2D eigenvalue weighted by molar-refractivity contribution is 7.99. The summed E-state index contributed by atoms with van der Waals surface area (Å²) in [5.41, 5.74) is 4.78. The molecule has 6 heteroatoms. The lowest BCUT2D eigenvalue weighted by molar-refractivity contribution is 0.102. The standard InChI is InChI=1S/C18H19N3O2S/c1-11-7-5-6-8-14(11)17-19-20-18(23-17)24-10-16(22)15-9-12(2)21(4)13(15)3/h5-9H,10H2,1-4H3. The Balaban J connectivity index is 1.71. The van der Waals surface area contributed by atoms with Crippen molar-refractivity contribution in [3.63, 3.8) is 0 Å². The lowest BCUT2D eigenvalue weighted by Crippen LogP contribution is -2.04. The fraction of sp³-hybridized carbons (Fsp3) is 0.278. The van der Waals surface area contributed by atoms with E-state index >= 15 is 0 Å². The van der Waals surface area contributed by atoms with Gasteiger partial charge in [0.15, 0.2) is 5.78 Å². The third kappa shape index (κ3) is 3.14. The van der Waals surface area contributed by atoms with E-state index in [0.717, 1.165) is 28.1 Å². The number of carbonyl (C=O) groups excluding carboxylic acids is 1. The lowest BCUT2D eigenvalue weighted by Gasteiger charge is -2.01. The highest BCUT2D eigenvalue weighted by atomic mass is 32.2. The van der Waals surface area contributed by atoms with Gasteiger partial charge in [0, 0.05) is 29.6 Å². The summed E-state index contributed by atoms with van der Waals surface area (Å²) < 4.78 is 7.69. The van der Waals surface area contributed by atoms with Crippen LogP contribution in [-0.4, -0.2) is 26.3 Å². The molecular weight excluding hydrogens is 322 g/mol. The predicted octanol–water partition coefficient (Wildman–Crippen LogP) is 3.98. The zero-order valence-electron chi connectivity index (χ0n) is 14.2. The lowest BCUT2D eigenvalue weighted by atomic mass is 10.1. The summed E-state index contributed by atoms with van der Waals surface area (Å²) in [6.45, 7) is 5.94. The number of hydrogen-bond acceptors (Lipinski definition) is 5. The summed E-state index contributed by atoms with van der Waals surface area (Å²) in [5.74, 6) is 0.825. The number of aromatic nitrogens is 3. The summed E-state index contributed by atoms with van der Waals surface area (Å²) >= 11 is 1.27. The third-order valence-corrected chi connectivity index (χ3v) is 5.00. The van der Waals surface area contributed by atoms with Crippen LogP contribution in [0, 0.1) is 20.8 Å². The first-order valence-electron chi connectivity index (χ1n) is 7.66. The summed E-state index contributed by atoms with van der Waals surface area (Å²) in [4.78, 5) is 12.4. The maximum Gasteiger partial charge on any atom is 0.277 e. The topological polar surface area (TPSA) is 60.9 Å². The van der Waals surface area contributed by atoms with E-state index in [4.69, 9.17) is 4.42 Å². The van der Waals surface area contributed by atoms with Crippen molar-refractivity contribution in [2.45, 2.75) is 26.0 Å². The number of hydrogen-bond donors (Lipinski definition) is 0. The average molecular weight is 341 g/mol. The van der Waals surface area contributed by atoms with E-state index in [0.29, 0.717) is 11.1 Å². The van der Waals surface area contributed by atoms with Crippen LogP contribution in [0.2, 0.25) is 0 Å². The number of rotatable bonds is 5. The van der Waals surface area contributed by atoms with Crippen molar-refractivity contribution in [3.05, 3.63) is 52.8 Å². The zero-order chi connectivity index (χ0) is 17.3. The Morgan fingerprint density at radius 2 is 1.96 bits per heavy atom. The van der Waals surface area contributed by atoms with Crippen LogP contribution in [0.1, 0.15) is 27.3 Å². The first kappa shape index (κ1) is 16.5. The Bertz CT molecular complexity index is 896. The molecule has 124 valence electrons. The Labute approximate surface area is 145 Å². The second-order valence-corrected chi connectivity index (χ2v) is 6.67. The molecule has 5 nitrogen and oxygen atoms in total. The molecule has 1 aromatic carbocycles. The molecule has 3 aromatic rings. The van der Waals surface area contributed by atoms with E-state index in [2.05, 4.69) is 10.2 Å². The van der Waals surface area contributed by atoms with Crippen LogP contribution in [0.3, 0.4) is 0 Å². The van der Waals surface area contributed by atoms with Gasteiger partial charge in [0.25, 0.3) is 5.22 Å². The number of ketones is 1. The van der Waals surface area contributed by atoms with Crippen molar-refractivity contribution in [3.8, 4) is 11.5 Å². The van der Waals surface area contributed by atoms with Crippen molar-refractivity contribution < 1.29 is 9.21 Å². The van der Waals surface area contributed by atoms with Crippen LogP contribution in [0.25, 0.3) is 11.5 Å². The molecule has 0 fully saturated rings. The summed E-state index contributed by atoms with van der Waals surface area (Å²) in [7, 11) is 1.96. The summed E-state index contributed by atoms with van der Waals surface area (Å²) in [6, 6.07) is 9.76. The maximum absolute atomic E-state index is 12.4. The molecule has 0 spiro atoms. The number of nitrogens with zero attached hydrogens (tertiary/aromatic N) is 3. The minimum absolute atomic E-state index is 0.0665. The van der Waals surface area contributed by atoms with Gasteiger partial charge in [0.1, 0.15) is 0 Å². The van der Waals surface area contributed by atoms with Crippen molar-refractivity contribution in [1.82, 2.24) is 14.8 Å². The molecule has 24 heavy (non-hydrogen) atoms. The van der Waals surface area contributed by atoms with Gasteiger partial charge in [-0.2, -0.15) is 0 Å². The molecule has 0 aliphatic heterocycles. The predicted molar refractivity (Wildman–Crippen MR) is 94.4 cm³/mol. The van der Waals surface area contributed by atoms with Crippen LogP contribution >= 0.6 is 11.8 Å². The largest absolute Gasteiger partial charge is 0.411 e. The Morgan fingerprint density at radius 1 is 1.21 bits per heavy atom. The van der Waals surface area contributed by atoms with Gasteiger partial charge in [-0.3, -0.25) is 4.79 Å².